The summed E-state index contributed by atoms with van der Waals surface area (Å²) in [6, 6.07) is 12.9. The van der Waals surface area contributed by atoms with Crippen molar-refractivity contribution in [2.45, 2.75) is 12.8 Å². The van der Waals surface area contributed by atoms with Crippen LogP contribution >= 0.6 is 45.8 Å². The second-order valence-electron chi connectivity index (χ2n) is 6.03. The van der Waals surface area contributed by atoms with Gasteiger partial charge in [-0.3, -0.25) is 5.43 Å². The van der Waals surface area contributed by atoms with Gasteiger partial charge in [-0.05, 0) is 76.2 Å². The van der Waals surface area contributed by atoms with Crippen molar-refractivity contribution in [1.29, 1.82) is 0 Å². The monoisotopic (exact) mass is 565 g/mol. The Morgan fingerprint density at radius 1 is 1.07 bits per heavy atom. The summed E-state index contributed by atoms with van der Waals surface area (Å²) >= 11 is 14.1. The van der Waals surface area contributed by atoms with Crippen LogP contribution in [0.4, 0.5) is 19.0 Å². The third-order valence-electron chi connectivity index (χ3n) is 3.82. The molecular formula is C20H13Cl2F3IN3O. The summed E-state index contributed by atoms with van der Waals surface area (Å²) in [5.41, 5.74) is 3.45. The molecule has 3 rings (SSSR count). The zero-order valence-corrected chi connectivity index (χ0v) is 18.7. The van der Waals surface area contributed by atoms with Gasteiger partial charge in [0.1, 0.15) is 18.2 Å². The Labute approximate surface area is 194 Å². The van der Waals surface area contributed by atoms with E-state index in [1.807, 2.05) is 12.1 Å². The summed E-state index contributed by atoms with van der Waals surface area (Å²) in [7, 11) is 0. The number of nitrogens with zero attached hydrogens (tertiary/aromatic N) is 2. The number of hydrogen-bond acceptors (Lipinski definition) is 4. The number of aromatic nitrogens is 1. The van der Waals surface area contributed by atoms with Gasteiger partial charge in [0.25, 0.3) is 0 Å². The van der Waals surface area contributed by atoms with E-state index in [0.29, 0.717) is 22.4 Å². The first-order chi connectivity index (χ1) is 14.2. The highest BCUT2D eigenvalue weighted by Gasteiger charge is 2.30. The fourth-order valence-corrected chi connectivity index (χ4v) is 3.32. The molecule has 0 saturated carbocycles. The lowest BCUT2D eigenvalue weighted by molar-refractivity contribution is -0.137. The molecule has 2 aromatic carbocycles. The van der Waals surface area contributed by atoms with Gasteiger partial charge in [0.15, 0.2) is 0 Å². The van der Waals surface area contributed by atoms with Crippen molar-refractivity contribution in [3.63, 3.8) is 0 Å². The van der Waals surface area contributed by atoms with Gasteiger partial charge in [-0.15, -0.1) is 0 Å². The highest BCUT2D eigenvalue weighted by molar-refractivity contribution is 14.1. The van der Waals surface area contributed by atoms with E-state index in [4.69, 9.17) is 27.9 Å². The molecule has 156 valence electrons. The minimum Gasteiger partial charge on any atom is -0.488 e. The Kier molecular flexibility index (Phi) is 7.43. The molecule has 0 aliphatic carbocycles. The molecule has 0 aliphatic heterocycles. The topological polar surface area (TPSA) is 46.5 Å². The van der Waals surface area contributed by atoms with Crippen LogP contribution in [0.5, 0.6) is 5.75 Å². The largest absolute Gasteiger partial charge is 0.488 e. The second-order valence-corrected chi connectivity index (χ2v) is 8.00. The number of alkyl halides is 3. The Hall–Kier alpha value is -2.04. The molecule has 1 heterocycles. The number of rotatable bonds is 6. The molecule has 0 amide bonds. The van der Waals surface area contributed by atoms with E-state index in [0.717, 1.165) is 27.0 Å². The number of hydrazone groups is 1. The van der Waals surface area contributed by atoms with E-state index < -0.39 is 11.7 Å². The molecule has 0 spiro atoms. The predicted octanol–water partition coefficient (Wildman–Crippen LogP) is 7.04. The molecule has 0 unspecified atom stereocenters. The van der Waals surface area contributed by atoms with Crippen molar-refractivity contribution in [3.05, 3.63) is 85.0 Å². The van der Waals surface area contributed by atoms with Gasteiger partial charge in [0.05, 0.1) is 25.4 Å². The molecule has 0 radical (unpaired) electrons. The maximum Gasteiger partial charge on any atom is 0.417 e. The number of pyridine rings is 1. The molecular weight excluding hydrogens is 553 g/mol. The van der Waals surface area contributed by atoms with Crippen molar-refractivity contribution >= 4 is 57.8 Å². The maximum absolute atomic E-state index is 12.5. The summed E-state index contributed by atoms with van der Waals surface area (Å²) in [6.07, 6.45) is -2.14. The summed E-state index contributed by atoms with van der Waals surface area (Å²) in [6.45, 7) is 0.335. The van der Waals surface area contributed by atoms with E-state index in [1.54, 1.807) is 24.3 Å². The minimum atomic E-state index is -4.42. The quantitative estimate of drug-likeness (QED) is 0.198. The van der Waals surface area contributed by atoms with E-state index in [2.05, 4.69) is 38.1 Å². The summed E-state index contributed by atoms with van der Waals surface area (Å²) in [4.78, 5) is 3.69. The van der Waals surface area contributed by atoms with Crippen LogP contribution in [-0.4, -0.2) is 11.2 Å². The third-order valence-corrected chi connectivity index (χ3v) is 5.40. The Morgan fingerprint density at radius 3 is 2.50 bits per heavy atom. The van der Waals surface area contributed by atoms with E-state index in [1.165, 1.54) is 12.3 Å². The van der Waals surface area contributed by atoms with Gasteiger partial charge in [0, 0.05) is 6.20 Å². The maximum atomic E-state index is 12.5. The van der Waals surface area contributed by atoms with Crippen molar-refractivity contribution in [2.24, 2.45) is 5.10 Å². The Balaban J connectivity index is 1.58. The molecule has 3 aromatic rings. The lowest BCUT2D eigenvalue weighted by atomic mass is 10.2. The number of anilines is 1. The third kappa shape index (κ3) is 6.23. The van der Waals surface area contributed by atoms with Crippen LogP contribution in [0.1, 0.15) is 16.7 Å². The zero-order chi connectivity index (χ0) is 21.7. The molecule has 10 heteroatoms. The van der Waals surface area contributed by atoms with Crippen LogP contribution in [0.25, 0.3) is 0 Å². The number of hydrogen-bond donors (Lipinski definition) is 1. The molecule has 1 aromatic heterocycles. The fourth-order valence-electron chi connectivity index (χ4n) is 2.31. The van der Waals surface area contributed by atoms with E-state index in [9.17, 15) is 13.2 Å². The zero-order valence-electron chi connectivity index (χ0n) is 15.1. The summed E-state index contributed by atoms with van der Waals surface area (Å²) in [5, 5.41) is 4.95. The SMILES string of the molecule is FC(F)(F)c1ccc(N/N=C\c2ccc(OCc3ccc(Cl)c(Cl)c3)c(I)c2)nc1. The van der Waals surface area contributed by atoms with E-state index in [-0.39, 0.29) is 5.82 Å². The van der Waals surface area contributed by atoms with Crippen molar-refractivity contribution < 1.29 is 17.9 Å². The minimum absolute atomic E-state index is 0.204. The fraction of sp³-hybridized carbons (Fsp3) is 0.100. The molecule has 0 bridgehead atoms. The number of benzene rings is 2. The predicted molar refractivity (Wildman–Crippen MR) is 120 cm³/mol. The van der Waals surface area contributed by atoms with Gasteiger partial charge in [-0.25, -0.2) is 4.98 Å². The number of halogens is 6. The van der Waals surface area contributed by atoms with Crippen molar-refractivity contribution in [2.75, 3.05) is 5.43 Å². The highest BCUT2D eigenvalue weighted by Crippen LogP contribution is 2.29. The summed E-state index contributed by atoms with van der Waals surface area (Å²) in [5.74, 6) is 0.895. The van der Waals surface area contributed by atoms with Gasteiger partial charge in [0.2, 0.25) is 0 Å². The molecule has 0 atom stereocenters. The van der Waals surface area contributed by atoms with Gasteiger partial charge < -0.3 is 4.74 Å². The van der Waals surface area contributed by atoms with Crippen LogP contribution < -0.4 is 10.2 Å². The van der Waals surface area contributed by atoms with Crippen LogP contribution in [0.2, 0.25) is 10.0 Å². The number of ether oxygens (including phenoxy) is 1. The lowest BCUT2D eigenvalue weighted by Gasteiger charge is -2.09. The first kappa shape index (κ1) is 22.6. The summed E-state index contributed by atoms with van der Waals surface area (Å²) < 4.78 is 44.3. The Morgan fingerprint density at radius 2 is 1.87 bits per heavy atom. The first-order valence-electron chi connectivity index (χ1n) is 8.41. The first-order valence-corrected chi connectivity index (χ1v) is 10.2. The van der Waals surface area contributed by atoms with Crippen LogP contribution in [0.15, 0.2) is 59.8 Å². The van der Waals surface area contributed by atoms with Crippen LogP contribution in [0, 0.1) is 3.57 Å². The average Bonchev–Trinajstić information content (AvgIpc) is 2.69. The average molecular weight is 566 g/mol. The molecule has 0 aliphatic rings. The lowest BCUT2D eigenvalue weighted by Crippen LogP contribution is -2.05. The molecule has 0 fully saturated rings. The van der Waals surface area contributed by atoms with Crippen LogP contribution in [-0.2, 0) is 12.8 Å². The second kappa shape index (κ2) is 9.84. The van der Waals surface area contributed by atoms with Gasteiger partial charge in [-0.1, -0.05) is 29.3 Å². The van der Waals surface area contributed by atoms with E-state index >= 15 is 0 Å². The smallest absolute Gasteiger partial charge is 0.417 e. The normalized spacial score (nSPS) is 11.7. The Bertz CT molecular complexity index is 1060. The van der Waals surface area contributed by atoms with Crippen LogP contribution in [0.3, 0.4) is 0 Å². The molecule has 30 heavy (non-hydrogen) atoms. The highest BCUT2D eigenvalue weighted by atomic mass is 127. The standard InChI is InChI=1S/C20H13Cl2F3IN3O/c21-15-4-1-13(7-16(15)22)11-30-18-5-2-12(8-17(18)26)9-28-29-19-6-3-14(10-27-19)20(23,24)25/h1-10H,11H2,(H,27,29)/b28-9-. The molecule has 4 nitrogen and oxygen atoms in total. The number of nitrogens with one attached hydrogen (secondary N) is 1. The van der Waals surface area contributed by atoms with Gasteiger partial charge >= 0.3 is 6.18 Å². The molecule has 1 N–H and O–H groups in total. The van der Waals surface area contributed by atoms with Gasteiger partial charge in [-0.2, -0.15) is 18.3 Å². The molecule has 0 saturated heterocycles. The van der Waals surface area contributed by atoms with Crippen molar-refractivity contribution in [3.8, 4) is 5.75 Å². The van der Waals surface area contributed by atoms with Crippen molar-refractivity contribution in [1.82, 2.24) is 4.98 Å².